The van der Waals surface area contributed by atoms with Crippen molar-refractivity contribution >= 4 is 11.9 Å². The third kappa shape index (κ3) is 3.18. The van der Waals surface area contributed by atoms with Crippen molar-refractivity contribution in [3.05, 3.63) is 34.9 Å². The third-order valence-electron chi connectivity index (χ3n) is 3.96. The molecule has 0 radical (unpaired) electrons. The van der Waals surface area contributed by atoms with E-state index in [-0.39, 0.29) is 18.5 Å². The summed E-state index contributed by atoms with van der Waals surface area (Å²) >= 11 is 0. The summed E-state index contributed by atoms with van der Waals surface area (Å²) < 4.78 is 0. The molecule has 1 aliphatic rings. The van der Waals surface area contributed by atoms with Crippen molar-refractivity contribution < 1.29 is 14.7 Å². The van der Waals surface area contributed by atoms with E-state index in [1.807, 2.05) is 32.0 Å². The van der Waals surface area contributed by atoms with Gasteiger partial charge in [-0.15, -0.1) is 0 Å². The maximum absolute atomic E-state index is 12.7. The zero-order chi connectivity index (χ0) is 14.7. The minimum absolute atomic E-state index is 0.0681. The molecule has 1 saturated carbocycles. The summed E-state index contributed by atoms with van der Waals surface area (Å²) in [6, 6.07) is 5.79. The van der Waals surface area contributed by atoms with Gasteiger partial charge in [0, 0.05) is 11.6 Å². The van der Waals surface area contributed by atoms with Crippen LogP contribution in [0.15, 0.2) is 18.2 Å². The number of carboxylic acids is 1. The van der Waals surface area contributed by atoms with E-state index in [1.165, 1.54) is 4.90 Å². The highest BCUT2D eigenvalue weighted by Crippen LogP contribution is 2.25. The summed E-state index contributed by atoms with van der Waals surface area (Å²) in [6.07, 6.45) is 3.95. The average Bonchev–Trinajstić information content (AvgIpc) is 2.91. The Morgan fingerprint density at radius 1 is 1.25 bits per heavy atom. The van der Waals surface area contributed by atoms with Crippen LogP contribution in [-0.4, -0.2) is 34.5 Å². The summed E-state index contributed by atoms with van der Waals surface area (Å²) in [7, 11) is 0. The molecule has 0 bridgehead atoms. The molecule has 4 nitrogen and oxygen atoms in total. The van der Waals surface area contributed by atoms with E-state index in [0.717, 1.165) is 36.8 Å². The van der Waals surface area contributed by atoms with Crippen LogP contribution in [0.2, 0.25) is 0 Å². The van der Waals surface area contributed by atoms with E-state index in [4.69, 9.17) is 5.11 Å². The standard InChI is InChI=1S/C16H21NO3/c1-11-7-8-12(2)14(9-11)16(20)17(10-15(18)19)13-5-3-4-6-13/h7-9,13H,3-6,10H2,1-2H3,(H,18,19). The van der Waals surface area contributed by atoms with Crippen LogP contribution in [0.1, 0.15) is 47.2 Å². The van der Waals surface area contributed by atoms with E-state index in [0.29, 0.717) is 5.56 Å². The monoisotopic (exact) mass is 275 g/mol. The molecule has 1 aromatic carbocycles. The van der Waals surface area contributed by atoms with E-state index in [2.05, 4.69) is 0 Å². The van der Waals surface area contributed by atoms with E-state index < -0.39 is 5.97 Å². The van der Waals surface area contributed by atoms with Crippen LogP contribution >= 0.6 is 0 Å². The number of aliphatic carboxylic acids is 1. The fourth-order valence-corrected chi connectivity index (χ4v) is 2.85. The lowest BCUT2D eigenvalue weighted by Crippen LogP contribution is -2.42. The number of hydrogen-bond acceptors (Lipinski definition) is 2. The molecule has 0 unspecified atom stereocenters. The molecular formula is C16H21NO3. The van der Waals surface area contributed by atoms with E-state index >= 15 is 0 Å². The summed E-state index contributed by atoms with van der Waals surface area (Å²) in [5, 5.41) is 9.07. The van der Waals surface area contributed by atoms with Crippen LogP contribution in [0.25, 0.3) is 0 Å². The summed E-state index contributed by atoms with van der Waals surface area (Å²) in [4.78, 5) is 25.3. The Bertz CT molecular complexity index is 518. The van der Waals surface area contributed by atoms with E-state index in [9.17, 15) is 9.59 Å². The van der Waals surface area contributed by atoms with Crippen LogP contribution < -0.4 is 0 Å². The SMILES string of the molecule is Cc1ccc(C)c(C(=O)N(CC(=O)O)C2CCCC2)c1. The van der Waals surface area contributed by atoms with Crippen molar-refractivity contribution in [3.63, 3.8) is 0 Å². The summed E-state index contributed by atoms with van der Waals surface area (Å²) in [5.41, 5.74) is 2.53. The van der Waals surface area contributed by atoms with Crippen LogP contribution in [0.5, 0.6) is 0 Å². The number of carbonyl (C=O) groups is 2. The van der Waals surface area contributed by atoms with Crippen LogP contribution in [0.3, 0.4) is 0 Å². The number of rotatable bonds is 4. The Balaban J connectivity index is 2.29. The second-order valence-corrected chi connectivity index (χ2v) is 5.58. The first-order valence-corrected chi connectivity index (χ1v) is 7.09. The Kier molecular flexibility index (Phi) is 4.42. The third-order valence-corrected chi connectivity index (χ3v) is 3.96. The number of benzene rings is 1. The van der Waals surface area contributed by atoms with Gasteiger partial charge in [-0.3, -0.25) is 9.59 Å². The Morgan fingerprint density at radius 3 is 2.50 bits per heavy atom. The lowest BCUT2D eigenvalue weighted by Gasteiger charge is -2.28. The molecule has 0 heterocycles. The maximum atomic E-state index is 12.7. The van der Waals surface area contributed by atoms with Gasteiger partial charge in [-0.25, -0.2) is 0 Å². The lowest BCUT2D eigenvalue weighted by molar-refractivity contribution is -0.138. The molecule has 108 valence electrons. The number of carbonyl (C=O) groups excluding carboxylic acids is 1. The first kappa shape index (κ1) is 14.6. The second-order valence-electron chi connectivity index (χ2n) is 5.58. The van der Waals surface area contributed by atoms with Crippen LogP contribution in [0, 0.1) is 13.8 Å². The predicted molar refractivity (Wildman–Crippen MR) is 76.8 cm³/mol. The van der Waals surface area contributed by atoms with Gasteiger partial charge in [0.25, 0.3) is 5.91 Å². The molecule has 0 saturated heterocycles. The average molecular weight is 275 g/mol. The molecule has 4 heteroatoms. The number of amides is 1. The minimum atomic E-state index is -0.949. The highest BCUT2D eigenvalue weighted by atomic mass is 16.4. The van der Waals surface area contributed by atoms with Gasteiger partial charge in [0.05, 0.1) is 0 Å². The predicted octanol–water partition coefficient (Wildman–Crippen LogP) is 2.77. The smallest absolute Gasteiger partial charge is 0.323 e. The van der Waals surface area contributed by atoms with Crippen molar-refractivity contribution in [2.75, 3.05) is 6.54 Å². The number of nitrogens with zero attached hydrogens (tertiary/aromatic N) is 1. The van der Waals surface area contributed by atoms with Gasteiger partial charge in [0.2, 0.25) is 0 Å². The van der Waals surface area contributed by atoms with Crippen molar-refractivity contribution in [1.82, 2.24) is 4.90 Å². The molecule has 0 aromatic heterocycles. The zero-order valence-electron chi connectivity index (χ0n) is 12.1. The van der Waals surface area contributed by atoms with Gasteiger partial charge >= 0.3 is 5.97 Å². The maximum Gasteiger partial charge on any atom is 0.323 e. The highest BCUT2D eigenvalue weighted by molar-refractivity contribution is 5.97. The van der Waals surface area contributed by atoms with Gasteiger partial charge in [0.15, 0.2) is 0 Å². The van der Waals surface area contributed by atoms with Gasteiger partial charge < -0.3 is 10.0 Å². The van der Waals surface area contributed by atoms with Crippen molar-refractivity contribution in [1.29, 1.82) is 0 Å². The van der Waals surface area contributed by atoms with Crippen molar-refractivity contribution in [3.8, 4) is 0 Å². The molecule has 0 atom stereocenters. The largest absolute Gasteiger partial charge is 0.480 e. The van der Waals surface area contributed by atoms with Crippen molar-refractivity contribution in [2.45, 2.75) is 45.6 Å². The summed E-state index contributed by atoms with van der Waals surface area (Å²) in [6.45, 7) is 3.62. The van der Waals surface area contributed by atoms with Crippen LogP contribution in [-0.2, 0) is 4.79 Å². The second kappa shape index (κ2) is 6.07. The van der Waals surface area contributed by atoms with Gasteiger partial charge in [-0.05, 0) is 38.3 Å². The highest BCUT2D eigenvalue weighted by Gasteiger charge is 2.29. The lowest BCUT2D eigenvalue weighted by atomic mass is 10.0. The molecule has 1 aliphatic carbocycles. The fraction of sp³-hybridized carbons (Fsp3) is 0.500. The van der Waals surface area contributed by atoms with Gasteiger partial charge in [-0.2, -0.15) is 0 Å². The Morgan fingerprint density at radius 2 is 1.90 bits per heavy atom. The zero-order valence-corrected chi connectivity index (χ0v) is 12.1. The molecule has 1 N–H and O–H groups in total. The molecule has 0 spiro atoms. The first-order chi connectivity index (χ1) is 9.49. The fourth-order valence-electron chi connectivity index (χ4n) is 2.85. The quantitative estimate of drug-likeness (QED) is 0.919. The topological polar surface area (TPSA) is 57.6 Å². The molecule has 1 amide bonds. The Labute approximate surface area is 119 Å². The van der Waals surface area contributed by atoms with Crippen LogP contribution in [0.4, 0.5) is 0 Å². The van der Waals surface area contributed by atoms with Crippen molar-refractivity contribution in [2.24, 2.45) is 0 Å². The normalized spacial score (nSPS) is 15.3. The first-order valence-electron chi connectivity index (χ1n) is 7.09. The minimum Gasteiger partial charge on any atom is -0.480 e. The van der Waals surface area contributed by atoms with E-state index in [1.54, 1.807) is 0 Å². The number of carboxylic acid groups (broad SMARTS) is 1. The Hall–Kier alpha value is -1.84. The molecule has 0 aliphatic heterocycles. The molecule has 1 aromatic rings. The summed E-state index contributed by atoms with van der Waals surface area (Å²) in [5.74, 6) is -1.10. The molecular weight excluding hydrogens is 254 g/mol. The number of hydrogen-bond donors (Lipinski definition) is 1. The number of aryl methyl sites for hydroxylation is 2. The molecule has 20 heavy (non-hydrogen) atoms. The molecule has 2 rings (SSSR count). The molecule has 1 fully saturated rings. The van der Waals surface area contributed by atoms with Gasteiger partial charge in [-0.1, -0.05) is 30.5 Å². The van der Waals surface area contributed by atoms with Gasteiger partial charge in [0.1, 0.15) is 6.54 Å².